The number of hydrogen-bond acceptors (Lipinski definition) is 2. The molecule has 0 aliphatic carbocycles. The summed E-state index contributed by atoms with van der Waals surface area (Å²) in [5.41, 5.74) is 2.60. The quantitative estimate of drug-likeness (QED) is 0.614. The van der Waals surface area contributed by atoms with Gasteiger partial charge in [-0.15, -0.1) is 0 Å². The second-order valence-electron chi connectivity index (χ2n) is 4.70. The summed E-state index contributed by atoms with van der Waals surface area (Å²) in [5.74, 6) is 0. The predicted molar refractivity (Wildman–Crippen MR) is 69.4 cm³/mol. The summed E-state index contributed by atoms with van der Waals surface area (Å²) in [4.78, 5) is 2.42. The highest BCUT2D eigenvalue weighted by Gasteiger charge is 2.21. The van der Waals surface area contributed by atoms with Crippen LogP contribution in [0.4, 0.5) is 0 Å². The van der Waals surface area contributed by atoms with Gasteiger partial charge in [0.25, 0.3) is 0 Å². The van der Waals surface area contributed by atoms with Crippen molar-refractivity contribution in [1.29, 1.82) is 0 Å². The van der Waals surface area contributed by atoms with E-state index in [9.17, 15) is 0 Å². The van der Waals surface area contributed by atoms with E-state index in [4.69, 9.17) is 4.74 Å². The maximum absolute atomic E-state index is 5.83. The third kappa shape index (κ3) is 4.11. The smallest absolute Gasteiger partial charge is 0.130 e. The Bertz CT molecular complexity index is 251. The maximum Gasteiger partial charge on any atom is 0.130 e. The van der Waals surface area contributed by atoms with Crippen LogP contribution in [-0.4, -0.2) is 30.8 Å². The van der Waals surface area contributed by atoms with Gasteiger partial charge in [0.2, 0.25) is 0 Å². The first-order valence-corrected chi connectivity index (χ1v) is 6.37. The Hall–Kier alpha value is -0.600. The second-order valence-corrected chi connectivity index (χ2v) is 4.70. The minimum absolute atomic E-state index is 0.203. The molecule has 0 saturated heterocycles. The Morgan fingerprint density at radius 1 is 1.44 bits per heavy atom. The van der Waals surface area contributed by atoms with Crippen molar-refractivity contribution in [2.75, 3.05) is 19.7 Å². The monoisotopic (exact) mass is 223 g/mol. The molecule has 1 rings (SSSR count). The first-order chi connectivity index (χ1) is 7.67. The molecule has 0 aromatic heterocycles. The molecule has 0 spiro atoms. The standard InChI is InChI=1S/C14H25NO/c1-5-7-15(8-6-2)14-10-13(11-16-14)9-12(3)4/h10,14H,3,5-9,11H2,1-2,4H3. The molecule has 16 heavy (non-hydrogen) atoms. The Morgan fingerprint density at radius 3 is 2.56 bits per heavy atom. The van der Waals surface area contributed by atoms with Crippen molar-refractivity contribution < 1.29 is 4.74 Å². The van der Waals surface area contributed by atoms with E-state index in [2.05, 4.69) is 38.3 Å². The lowest BCUT2D eigenvalue weighted by Gasteiger charge is -2.26. The molecular weight excluding hydrogens is 198 g/mol. The van der Waals surface area contributed by atoms with Crippen LogP contribution >= 0.6 is 0 Å². The van der Waals surface area contributed by atoms with Gasteiger partial charge >= 0.3 is 0 Å². The first kappa shape index (κ1) is 13.5. The van der Waals surface area contributed by atoms with Crippen LogP contribution < -0.4 is 0 Å². The number of ether oxygens (including phenoxy) is 1. The van der Waals surface area contributed by atoms with Crippen LogP contribution in [-0.2, 0) is 4.74 Å². The number of rotatable bonds is 7. The second kappa shape index (κ2) is 6.87. The average molecular weight is 223 g/mol. The molecule has 92 valence electrons. The topological polar surface area (TPSA) is 12.5 Å². The van der Waals surface area contributed by atoms with Crippen LogP contribution in [0.25, 0.3) is 0 Å². The highest BCUT2D eigenvalue weighted by molar-refractivity contribution is 5.17. The largest absolute Gasteiger partial charge is 0.355 e. The van der Waals surface area contributed by atoms with Gasteiger partial charge in [0.1, 0.15) is 6.23 Å². The van der Waals surface area contributed by atoms with Crippen molar-refractivity contribution in [1.82, 2.24) is 4.90 Å². The lowest BCUT2D eigenvalue weighted by atomic mass is 10.1. The molecule has 2 heteroatoms. The van der Waals surface area contributed by atoms with E-state index in [1.807, 2.05) is 0 Å². The van der Waals surface area contributed by atoms with E-state index in [0.29, 0.717) is 0 Å². The van der Waals surface area contributed by atoms with Gasteiger partial charge in [-0.05, 0) is 37.8 Å². The average Bonchev–Trinajstić information content (AvgIpc) is 2.65. The molecule has 1 heterocycles. The van der Waals surface area contributed by atoms with E-state index >= 15 is 0 Å². The molecule has 0 saturated carbocycles. The number of nitrogens with zero attached hydrogens (tertiary/aromatic N) is 1. The normalized spacial score (nSPS) is 20.2. The zero-order valence-electron chi connectivity index (χ0n) is 11.0. The van der Waals surface area contributed by atoms with Crippen LogP contribution in [0.3, 0.4) is 0 Å². The summed E-state index contributed by atoms with van der Waals surface area (Å²) >= 11 is 0. The molecule has 1 atom stereocenters. The summed E-state index contributed by atoms with van der Waals surface area (Å²) in [6.07, 6.45) is 5.84. The van der Waals surface area contributed by atoms with E-state index in [0.717, 1.165) is 26.1 Å². The Labute approximate surface area is 100.0 Å². The number of allylic oxidation sites excluding steroid dienone is 1. The summed E-state index contributed by atoms with van der Waals surface area (Å²) in [5, 5.41) is 0. The van der Waals surface area contributed by atoms with Crippen LogP contribution in [0.2, 0.25) is 0 Å². The fourth-order valence-corrected chi connectivity index (χ4v) is 2.14. The SMILES string of the molecule is C=C(C)CC1=CC(N(CCC)CCC)OC1. The van der Waals surface area contributed by atoms with Gasteiger partial charge in [-0.25, -0.2) is 0 Å². The summed E-state index contributed by atoms with van der Waals surface area (Å²) in [7, 11) is 0. The molecule has 1 aliphatic heterocycles. The van der Waals surface area contributed by atoms with Crippen molar-refractivity contribution in [2.45, 2.75) is 46.3 Å². The predicted octanol–water partition coefficient (Wildman–Crippen LogP) is 3.36. The maximum atomic E-state index is 5.83. The van der Waals surface area contributed by atoms with Gasteiger partial charge in [-0.3, -0.25) is 4.90 Å². The van der Waals surface area contributed by atoms with E-state index in [-0.39, 0.29) is 6.23 Å². The molecular formula is C14H25NO. The minimum Gasteiger partial charge on any atom is -0.355 e. The lowest BCUT2D eigenvalue weighted by molar-refractivity contribution is -0.00267. The Balaban J connectivity index is 2.52. The van der Waals surface area contributed by atoms with Gasteiger partial charge in [-0.2, -0.15) is 0 Å². The van der Waals surface area contributed by atoms with Crippen LogP contribution in [0, 0.1) is 0 Å². The van der Waals surface area contributed by atoms with Crippen molar-refractivity contribution in [3.8, 4) is 0 Å². The lowest BCUT2D eigenvalue weighted by Crippen LogP contribution is -2.35. The van der Waals surface area contributed by atoms with Crippen molar-refractivity contribution in [3.05, 3.63) is 23.8 Å². The van der Waals surface area contributed by atoms with Crippen molar-refractivity contribution in [3.63, 3.8) is 0 Å². The minimum atomic E-state index is 0.203. The van der Waals surface area contributed by atoms with Crippen molar-refractivity contribution >= 4 is 0 Å². The zero-order valence-corrected chi connectivity index (χ0v) is 11.0. The molecule has 1 unspecified atom stereocenters. The van der Waals surface area contributed by atoms with Gasteiger partial charge in [0.05, 0.1) is 6.61 Å². The van der Waals surface area contributed by atoms with Crippen molar-refractivity contribution in [2.24, 2.45) is 0 Å². The molecule has 0 aromatic carbocycles. The third-order valence-electron chi connectivity index (χ3n) is 2.73. The third-order valence-corrected chi connectivity index (χ3v) is 2.73. The van der Waals surface area contributed by atoms with E-state index < -0.39 is 0 Å². The summed E-state index contributed by atoms with van der Waals surface area (Å²) in [6.45, 7) is 13.5. The van der Waals surface area contributed by atoms with Gasteiger partial charge < -0.3 is 4.74 Å². The van der Waals surface area contributed by atoms with E-state index in [1.54, 1.807) is 0 Å². The van der Waals surface area contributed by atoms with Crippen LogP contribution in [0.1, 0.15) is 40.0 Å². The summed E-state index contributed by atoms with van der Waals surface area (Å²) < 4.78 is 5.83. The van der Waals surface area contributed by atoms with Gasteiger partial charge in [-0.1, -0.05) is 26.0 Å². The first-order valence-electron chi connectivity index (χ1n) is 6.37. The highest BCUT2D eigenvalue weighted by atomic mass is 16.5. The molecule has 0 aromatic rings. The van der Waals surface area contributed by atoms with E-state index in [1.165, 1.54) is 24.0 Å². The fourth-order valence-electron chi connectivity index (χ4n) is 2.14. The van der Waals surface area contributed by atoms with Gasteiger partial charge in [0.15, 0.2) is 0 Å². The molecule has 0 bridgehead atoms. The van der Waals surface area contributed by atoms with Crippen LogP contribution in [0.5, 0.6) is 0 Å². The Morgan fingerprint density at radius 2 is 2.06 bits per heavy atom. The molecule has 1 aliphatic rings. The fraction of sp³-hybridized carbons (Fsp3) is 0.714. The molecule has 0 fully saturated rings. The van der Waals surface area contributed by atoms with Gasteiger partial charge in [0, 0.05) is 13.1 Å². The molecule has 0 N–H and O–H groups in total. The molecule has 0 radical (unpaired) electrons. The Kier molecular flexibility index (Phi) is 5.78. The number of hydrogen-bond donors (Lipinski definition) is 0. The zero-order chi connectivity index (χ0) is 12.0. The van der Waals surface area contributed by atoms with Crippen LogP contribution in [0.15, 0.2) is 23.8 Å². The summed E-state index contributed by atoms with van der Waals surface area (Å²) in [6, 6.07) is 0. The highest BCUT2D eigenvalue weighted by Crippen LogP contribution is 2.20. The molecule has 2 nitrogen and oxygen atoms in total. The molecule has 0 amide bonds.